The number of ether oxygens (including phenoxy) is 1. The molecule has 0 aliphatic carbocycles. The highest BCUT2D eigenvalue weighted by Crippen LogP contribution is 2.04. The van der Waals surface area contributed by atoms with Crippen LogP contribution >= 0.6 is 0 Å². The maximum atomic E-state index is 13.0. The molecule has 82 valence electrons. The Morgan fingerprint density at radius 1 is 1.33 bits per heavy atom. The Bertz CT molecular complexity index is 318. The Hall–Kier alpha value is -0.905. The van der Waals surface area contributed by atoms with Crippen molar-refractivity contribution in [1.29, 1.82) is 0 Å². The van der Waals surface area contributed by atoms with E-state index in [9.17, 15) is 4.39 Å². The molecule has 0 aromatic heterocycles. The molecule has 2 N–H and O–H groups in total. The fourth-order valence-corrected chi connectivity index (χ4v) is 1.24. The number of halogens is 1. The van der Waals surface area contributed by atoms with E-state index in [0.717, 1.165) is 12.5 Å². The third-order valence-electron chi connectivity index (χ3n) is 1.90. The van der Waals surface area contributed by atoms with Gasteiger partial charge in [-0.15, -0.1) is 0 Å². The molecule has 5 heteroatoms. The molecule has 0 bridgehead atoms. The minimum Gasteiger partial charge on any atom is -0.423 e. The van der Waals surface area contributed by atoms with Crippen molar-refractivity contribution < 1.29 is 19.2 Å². The van der Waals surface area contributed by atoms with Gasteiger partial charge >= 0.3 is 7.12 Å². The van der Waals surface area contributed by atoms with Crippen LogP contribution in [0.5, 0.6) is 0 Å². The van der Waals surface area contributed by atoms with Gasteiger partial charge in [0.25, 0.3) is 0 Å². The third-order valence-corrected chi connectivity index (χ3v) is 1.90. The van der Waals surface area contributed by atoms with Gasteiger partial charge in [-0.3, -0.25) is 0 Å². The zero-order valence-corrected chi connectivity index (χ0v) is 8.61. The number of benzene rings is 1. The topological polar surface area (TPSA) is 49.7 Å². The van der Waals surface area contributed by atoms with E-state index in [2.05, 4.69) is 0 Å². The van der Waals surface area contributed by atoms with E-state index in [-0.39, 0.29) is 12.1 Å². The average molecular weight is 212 g/mol. The van der Waals surface area contributed by atoms with Gasteiger partial charge in [-0.1, -0.05) is 13.0 Å². The first kappa shape index (κ1) is 12.2. The Morgan fingerprint density at radius 2 is 2.07 bits per heavy atom. The summed E-state index contributed by atoms with van der Waals surface area (Å²) in [6.45, 7) is 2.87. The molecule has 0 aliphatic rings. The number of hydrogen-bond acceptors (Lipinski definition) is 3. The highest BCUT2D eigenvalue weighted by Gasteiger charge is 2.12. The Kier molecular flexibility index (Phi) is 4.75. The lowest BCUT2D eigenvalue weighted by Gasteiger charge is -2.06. The van der Waals surface area contributed by atoms with Crippen LogP contribution in [0.4, 0.5) is 4.39 Å². The molecule has 0 atom stereocenters. The zero-order valence-electron chi connectivity index (χ0n) is 8.61. The van der Waals surface area contributed by atoms with Crippen molar-refractivity contribution in [1.82, 2.24) is 0 Å². The first-order valence-electron chi connectivity index (χ1n) is 4.86. The summed E-state index contributed by atoms with van der Waals surface area (Å²) < 4.78 is 18.2. The monoisotopic (exact) mass is 212 g/mol. The molecule has 3 nitrogen and oxygen atoms in total. The van der Waals surface area contributed by atoms with Gasteiger partial charge in [-0.2, -0.15) is 0 Å². The van der Waals surface area contributed by atoms with Crippen LogP contribution in [0.25, 0.3) is 0 Å². The molecule has 1 rings (SSSR count). The maximum Gasteiger partial charge on any atom is 0.488 e. The maximum absolute atomic E-state index is 13.0. The van der Waals surface area contributed by atoms with Crippen LogP contribution in [0.15, 0.2) is 18.2 Å². The molecule has 1 aromatic carbocycles. The molecule has 0 fully saturated rings. The van der Waals surface area contributed by atoms with Crippen LogP contribution in [0, 0.1) is 5.82 Å². The van der Waals surface area contributed by atoms with Gasteiger partial charge in [0, 0.05) is 6.61 Å². The van der Waals surface area contributed by atoms with Gasteiger partial charge < -0.3 is 14.8 Å². The lowest BCUT2D eigenvalue weighted by Crippen LogP contribution is -2.30. The molecular weight excluding hydrogens is 198 g/mol. The van der Waals surface area contributed by atoms with Crippen molar-refractivity contribution in [3.8, 4) is 0 Å². The minimum absolute atomic E-state index is 0.144. The Morgan fingerprint density at radius 3 is 2.67 bits per heavy atom. The summed E-state index contributed by atoms with van der Waals surface area (Å²) in [7, 11) is -1.65. The van der Waals surface area contributed by atoms with E-state index in [4.69, 9.17) is 14.8 Å². The first-order valence-corrected chi connectivity index (χ1v) is 4.86. The first-order chi connectivity index (χ1) is 7.13. The van der Waals surface area contributed by atoms with Crippen molar-refractivity contribution in [2.24, 2.45) is 0 Å². The van der Waals surface area contributed by atoms with Crippen LogP contribution in [0.2, 0.25) is 0 Å². The molecular formula is C10H14BFO3. The van der Waals surface area contributed by atoms with Crippen molar-refractivity contribution in [3.05, 3.63) is 29.6 Å². The van der Waals surface area contributed by atoms with E-state index < -0.39 is 12.9 Å². The van der Waals surface area contributed by atoms with E-state index >= 15 is 0 Å². The van der Waals surface area contributed by atoms with Crippen molar-refractivity contribution in [2.45, 2.75) is 20.0 Å². The smallest absolute Gasteiger partial charge is 0.423 e. The summed E-state index contributed by atoms with van der Waals surface area (Å²) >= 11 is 0. The van der Waals surface area contributed by atoms with Gasteiger partial charge in [0.05, 0.1) is 6.61 Å². The zero-order chi connectivity index (χ0) is 11.3. The van der Waals surface area contributed by atoms with E-state index in [1.807, 2.05) is 6.92 Å². The number of rotatable bonds is 5. The summed E-state index contributed by atoms with van der Waals surface area (Å²) in [6, 6.07) is 3.93. The SMILES string of the molecule is CCCOCc1cc(F)cc(B(O)O)c1. The van der Waals surface area contributed by atoms with Crippen LogP contribution in [0.1, 0.15) is 18.9 Å². The minimum atomic E-state index is -1.65. The average Bonchev–Trinajstić information content (AvgIpc) is 2.17. The number of hydrogen-bond donors (Lipinski definition) is 2. The molecule has 0 radical (unpaired) electrons. The van der Waals surface area contributed by atoms with Crippen LogP contribution in [-0.2, 0) is 11.3 Å². The Balaban J connectivity index is 2.71. The highest BCUT2D eigenvalue weighted by molar-refractivity contribution is 6.58. The molecule has 0 unspecified atom stereocenters. The van der Waals surface area contributed by atoms with Crippen molar-refractivity contribution >= 4 is 12.6 Å². The highest BCUT2D eigenvalue weighted by atomic mass is 19.1. The second-order valence-electron chi connectivity index (χ2n) is 3.32. The summed E-state index contributed by atoms with van der Waals surface area (Å²) in [5.74, 6) is -0.490. The molecule has 0 aliphatic heterocycles. The van der Waals surface area contributed by atoms with E-state index in [1.165, 1.54) is 12.1 Å². The van der Waals surface area contributed by atoms with Crippen LogP contribution < -0.4 is 5.46 Å². The lowest BCUT2D eigenvalue weighted by molar-refractivity contribution is 0.121. The van der Waals surface area contributed by atoms with E-state index in [0.29, 0.717) is 12.2 Å². The van der Waals surface area contributed by atoms with Gasteiger partial charge in [-0.05, 0) is 29.6 Å². The fourth-order valence-electron chi connectivity index (χ4n) is 1.24. The van der Waals surface area contributed by atoms with Gasteiger partial charge in [0.2, 0.25) is 0 Å². The van der Waals surface area contributed by atoms with Gasteiger partial charge in [-0.25, -0.2) is 4.39 Å². The Labute approximate surface area is 88.7 Å². The lowest BCUT2D eigenvalue weighted by atomic mass is 9.79. The predicted molar refractivity (Wildman–Crippen MR) is 56.2 cm³/mol. The van der Waals surface area contributed by atoms with Crippen LogP contribution in [-0.4, -0.2) is 23.8 Å². The van der Waals surface area contributed by atoms with Crippen molar-refractivity contribution in [2.75, 3.05) is 6.61 Å². The summed E-state index contributed by atoms with van der Waals surface area (Å²) in [4.78, 5) is 0. The third kappa shape index (κ3) is 3.99. The standard InChI is InChI=1S/C10H14BFO3/c1-2-3-15-7-8-4-9(11(13)14)6-10(12)5-8/h4-6,13-14H,2-3,7H2,1H3. The largest absolute Gasteiger partial charge is 0.488 e. The summed E-state index contributed by atoms with van der Waals surface area (Å²) in [5, 5.41) is 17.8. The molecule has 0 spiro atoms. The molecule has 0 saturated carbocycles. The second-order valence-corrected chi connectivity index (χ2v) is 3.32. The quantitative estimate of drug-likeness (QED) is 0.549. The van der Waals surface area contributed by atoms with Gasteiger partial charge in [0.15, 0.2) is 0 Å². The van der Waals surface area contributed by atoms with Crippen LogP contribution in [0.3, 0.4) is 0 Å². The molecule has 15 heavy (non-hydrogen) atoms. The molecule has 0 saturated heterocycles. The summed E-state index contributed by atoms with van der Waals surface area (Å²) in [5.41, 5.74) is 0.747. The van der Waals surface area contributed by atoms with Crippen molar-refractivity contribution in [3.63, 3.8) is 0 Å². The summed E-state index contributed by atoms with van der Waals surface area (Å²) in [6.07, 6.45) is 0.894. The normalized spacial score (nSPS) is 10.4. The second kappa shape index (κ2) is 5.85. The van der Waals surface area contributed by atoms with E-state index in [1.54, 1.807) is 0 Å². The molecule has 0 amide bonds. The fraction of sp³-hybridized carbons (Fsp3) is 0.400. The molecule has 1 aromatic rings. The van der Waals surface area contributed by atoms with Gasteiger partial charge in [0.1, 0.15) is 5.82 Å². The molecule has 0 heterocycles. The predicted octanol–water partition coefficient (Wildman–Crippen LogP) is 0.432.